The van der Waals surface area contributed by atoms with Crippen molar-refractivity contribution in [2.75, 3.05) is 6.61 Å². The molecule has 1 unspecified atom stereocenters. The van der Waals surface area contributed by atoms with Crippen molar-refractivity contribution in [2.45, 2.75) is 32.9 Å². The van der Waals surface area contributed by atoms with E-state index in [-0.39, 0.29) is 13.2 Å². The summed E-state index contributed by atoms with van der Waals surface area (Å²) in [6.45, 7) is 3.70. The summed E-state index contributed by atoms with van der Waals surface area (Å²) < 4.78 is 5.18. The number of ether oxygens (including phenoxy) is 1. The van der Waals surface area contributed by atoms with Gasteiger partial charge in [0, 0.05) is 23.1 Å². The van der Waals surface area contributed by atoms with Crippen molar-refractivity contribution in [3.05, 3.63) is 60.2 Å². The first kappa shape index (κ1) is 22.8. The van der Waals surface area contributed by atoms with Gasteiger partial charge in [0.2, 0.25) is 5.82 Å². The minimum Gasteiger partial charge on any atom is -0.480 e. The molecule has 0 saturated heterocycles. The SMILES string of the molecule is CCCOC(=O)N(Cc1ccc2nc(-c3ccc(-c4nn[nH]n4)cc3)ccc2c1)C(C)C(=O)O. The maximum absolute atomic E-state index is 12.4. The average molecular weight is 460 g/mol. The third-order valence-electron chi connectivity index (χ3n) is 5.38. The van der Waals surface area contributed by atoms with Crippen LogP contribution in [0.5, 0.6) is 0 Å². The van der Waals surface area contributed by atoms with E-state index in [0.717, 1.165) is 33.3 Å². The van der Waals surface area contributed by atoms with Crippen molar-refractivity contribution in [3.8, 4) is 22.6 Å². The number of H-pyrrole nitrogens is 1. The number of aliphatic carboxylic acids is 1. The molecule has 0 aliphatic carbocycles. The molecule has 2 aromatic carbocycles. The molecular weight excluding hydrogens is 436 g/mol. The number of tetrazole rings is 1. The van der Waals surface area contributed by atoms with Crippen molar-refractivity contribution < 1.29 is 19.4 Å². The Bertz CT molecular complexity index is 1290. The van der Waals surface area contributed by atoms with Gasteiger partial charge < -0.3 is 9.84 Å². The number of carboxylic acids is 1. The van der Waals surface area contributed by atoms with Crippen LogP contribution in [0.2, 0.25) is 0 Å². The standard InChI is InChI=1S/C24H24N6O4/c1-3-12-34-24(33)30(15(2)23(31)32)14-16-4-10-21-19(13-16)9-11-20(25-21)17-5-7-18(8-6-17)22-26-28-29-27-22/h4-11,13,15H,3,12,14H2,1-2H3,(H,31,32)(H,26,27,28,29). The third kappa shape index (κ3) is 5.01. The Labute approximate surface area is 195 Å². The van der Waals surface area contributed by atoms with E-state index < -0.39 is 18.1 Å². The number of rotatable bonds is 8. The van der Waals surface area contributed by atoms with E-state index >= 15 is 0 Å². The Balaban J connectivity index is 1.55. The smallest absolute Gasteiger partial charge is 0.410 e. The van der Waals surface area contributed by atoms with Crippen LogP contribution in [0.1, 0.15) is 25.8 Å². The zero-order chi connectivity index (χ0) is 24.1. The summed E-state index contributed by atoms with van der Waals surface area (Å²) in [5.41, 5.74) is 4.17. The summed E-state index contributed by atoms with van der Waals surface area (Å²) in [6, 6.07) is 16.2. The molecule has 0 fully saturated rings. The number of benzene rings is 2. The van der Waals surface area contributed by atoms with Gasteiger partial charge in [-0.1, -0.05) is 43.3 Å². The molecule has 4 aromatic rings. The van der Waals surface area contributed by atoms with Crippen molar-refractivity contribution >= 4 is 23.0 Å². The molecule has 0 bridgehead atoms. The number of hydrogen-bond donors (Lipinski definition) is 2. The molecule has 0 aliphatic heterocycles. The predicted octanol–water partition coefficient (Wildman–Crippen LogP) is 3.90. The monoisotopic (exact) mass is 460 g/mol. The van der Waals surface area contributed by atoms with Gasteiger partial charge >= 0.3 is 12.1 Å². The third-order valence-corrected chi connectivity index (χ3v) is 5.38. The lowest BCUT2D eigenvalue weighted by Crippen LogP contribution is -2.43. The van der Waals surface area contributed by atoms with Gasteiger partial charge in [0.25, 0.3) is 0 Å². The van der Waals surface area contributed by atoms with Gasteiger partial charge in [-0.2, -0.15) is 5.21 Å². The van der Waals surface area contributed by atoms with E-state index in [9.17, 15) is 14.7 Å². The molecule has 2 heterocycles. The van der Waals surface area contributed by atoms with Gasteiger partial charge in [-0.25, -0.2) is 14.6 Å². The molecule has 10 nitrogen and oxygen atoms in total. The Hall–Kier alpha value is -4.34. The Morgan fingerprint density at radius 1 is 1.09 bits per heavy atom. The summed E-state index contributed by atoms with van der Waals surface area (Å²) in [5, 5.41) is 24.3. The van der Waals surface area contributed by atoms with Crippen molar-refractivity contribution in [2.24, 2.45) is 0 Å². The first-order valence-corrected chi connectivity index (χ1v) is 10.9. The largest absolute Gasteiger partial charge is 0.480 e. The fourth-order valence-electron chi connectivity index (χ4n) is 3.47. The summed E-state index contributed by atoms with van der Waals surface area (Å²) in [4.78, 5) is 29.9. The lowest BCUT2D eigenvalue weighted by atomic mass is 10.1. The van der Waals surface area contributed by atoms with E-state index in [1.165, 1.54) is 11.8 Å². The van der Waals surface area contributed by atoms with Gasteiger partial charge in [-0.3, -0.25) is 4.90 Å². The summed E-state index contributed by atoms with van der Waals surface area (Å²) in [7, 11) is 0. The molecule has 4 rings (SSSR count). The van der Waals surface area contributed by atoms with E-state index in [2.05, 4.69) is 20.6 Å². The quantitative estimate of drug-likeness (QED) is 0.404. The number of amides is 1. The lowest BCUT2D eigenvalue weighted by molar-refractivity contribution is -0.142. The molecule has 0 aliphatic rings. The minimum absolute atomic E-state index is 0.116. The van der Waals surface area contributed by atoms with Crippen molar-refractivity contribution in [1.82, 2.24) is 30.5 Å². The molecule has 2 aromatic heterocycles. The van der Waals surface area contributed by atoms with Crippen LogP contribution in [-0.4, -0.2) is 60.3 Å². The van der Waals surface area contributed by atoms with E-state index in [4.69, 9.17) is 9.72 Å². The average Bonchev–Trinajstić information content (AvgIpc) is 3.40. The van der Waals surface area contributed by atoms with Crippen molar-refractivity contribution in [3.63, 3.8) is 0 Å². The highest BCUT2D eigenvalue weighted by Gasteiger charge is 2.27. The number of carbonyl (C=O) groups excluding carboxylic acids is 1. The van der Waals surface area contributed by atoms with Crippen LogP contribution in [0, 0.1) is 0 Å². The summed E-state index contributed by atoms with van der Waals surface area (Å²) in [6.07, 6.45) is 0.0137. The number of nitrogens with zero attached hydrogens (tertiary/aromatic N) is 5. The molecule has 10 heteroatoms. The second-order valence-electron chi connectivity index (χ2n) is 7.79. The van der Waals surface area contributed by atoms with Crippen LogP contribution in [0.25, 0.3) is 33.5 Å². The summed E-state index contributed by atoms with van der Waals surface area (Å²) in [5.74, 6) is -0.568. The number of pyridine rings is 1. The topological polar surface area (TPSA) is 134 Å². The van der Waals surface area contributed by atoms with Crippen LogP contribution in [0.3, 0.4) is 0 Å². The number of carboxylic acid groups (broad SMARTS) is 1. The van der Waals surface area contributed by atoms with Crippen LogP contribution >= 0.6 is 0 Å². The predicted molar refractivity (Wildman–Crippen MR) is 125 cm³/mol. The normalized spacial score (nSPS) is 11.8. The second kappa shape index (κ2) is 10.1. The highest BCUT2D eigenvalue weighted by molar-refractivity contribution is 5.83. The molecule has 1 atom stereocenters. The number of hydrogen-bond acceptors (Lipinski definition) is 7. The van der Waals surface area contributed by atoms with Crippen molar-refractivity contribution in [1.29, 1.82) is 0 Å². The highest BCUT2D eigenvalue weighted by atomic mass is 16.6. The molecule has 1 amide bonds. The lowest BCUT2D eigenvalue weighted by Gasteiger charge is -2.26. The van der Waals surface area contributed by atoms with E-state index in [0.29, 0.717) is 12.2 Å². The number of aromatic amines is 1. The zero-order valence-corrected chi connectivity index (χ0v) is 18.8. The van der Waals surface area contributed by atoms with E-state index in [1.54, 1.807) is 0 Å². The van der Waals surface area contributed by atoms with Crippen LogP contribution in [0.4, 0.5) is 4.79 Å². The summed E-state index contributed by atoms with van der Waals surface area (Å²) >= 11 is 0. The second-order valence-corrected chi connectivity index (χ2v) is 7.79. The van der Waals surface area contributed by atoms with Gasteiger partial charge in [0.1, 0.15) is 6.04 Å². The molecule has 174 valence electrons. The maximum Gasteiger partial charge on any atom is 0.410 e. The fourth-order valence-corrected chi connectivity index (χ4v) is 3.47. The first-order valence-electron chi connectivity index (χ1n) is 10.9. The zero-order valence-electron chi connectivity index (χ0n) is 18.8. The Morgan fingerprint density at radius 2 is 1.85 bits per heavy atom. The fraction of sp³-hybridized carbons (Fsp3) is 0.250. The van der Waals surface area contributed by atoms with Gasteiger partial charge in [-0.15, -0.1) is 10.2 Å². The van der Waals surface area contributed by atoms with Gasteiger partial charge in [-0.05, 0) is 42.3 Å². The molecule has 34 heavy (non-hydrogen) atoms. The Kier molecular flexibility index (Phi) is 6.77. The number of fused-ring (bicyclic) bond motifs is 1. The van der Waals surface area contributed by atoms with Gasteiger partial charge in [0.05, 0.1) is 17.8 Å². The maximum atomic E-state index is 12.4. The van der Waals surface area contributed by atoms with Crippen LogP contribution in [-0.2, 0) is 16.1 Å². The molecule has 0 radical (unpaired) electrons. The molecular formula is C24H24N6O4. The minimum atomic E-state index is -1.09. The van der Waals surface area contributed by atoms with Crippen LogP contribution < -0.4 is 0 Å². The molecule has 0 saturated carbocycles. The molecule has 0 spiro atoms. The molecule has 2 N–H and O–H groups in total. The van der Waals surface area contributed by atoms with E-state index in [1.807, 2.05) is 61.5 Å². The van der Waals surface area contributed by atoms with Gasteiger partial charge in [0.15, 0.2) is 0 Å². The number of aromatic nitrogens is 5. The number of carbonyl (C=O) groups is 2. The number of nitrogens with one attached hydrogen (secondary N) is 1. The Morgan fingerprint density at radius 3 is 2.53 bits per heavy atom. The first-order chi connectivity index (χ1) is 16.5. The van der Waals surface area contributed by atoms with Crippen LogP contribution in [0.15, 0.2) is 54.6 Å². The highest BCUT2D eigenvalue weighted by Crippen LogP contribution is 2.25.